The average molecular weight is 330 g/mol. The van der Waals surface area contributed by atoms with Gasteiger partial charge < -0.3 is 15.5 Å². The molecular weight excluding hydrogens is 298 g/mol. The van der Waals surface area contributed by atoms with Gasteiger partial charge in [0.25, 0.3) is 5.91 Å². The Morgan fingerprint density at radius 1 is 1.12 bits per heavy atom. The molecule has 2 atom stereocenters. The molecule has 1 aliphatic heterocycles. The van der Waals surface area contributed by atoms with Crippen LogP contribution in [0.1, 0.15) is 51.9 Å². The Hall–Kier alpha value is -1.55. The van der Waals surface area contributed by atoms with Crippen molar-refractivity contribution < 1.29 is 10.1 Å². The summed E-state index contributed by atoms with van der Waals surface area (Å²) in [5.41, 5.74) is 2.14. The number of quaternary nitrogens is 1. The third kappa shape index (κ3) is 4.50. The molecule has 1 saturated heterocycles. The van der Waals surface area contributed by atoms with Crippen LogP contribution < -0.4 is 15.5 Å². The van der Waals surface area contributed by atoms with Crippen LogP contribution in [0.3, 0.4) is 0 Å². The molecule has 1 saturated carbocycles. The monoisotopic (exact) mass is 330 g/mol. The Labute approximate surface area is 146 Å². The molecule has 0 spiro atoms. The van der Waals surface area contributed by atoms with E-state index in [4.69, 9.17) is 0 Å². The van der Waals surface area contributed by atoms with Gasteiger partial charge in [0.05, 0.1) is 17.4 Å². The first-order valence-corrected chi connectivity index (χ1v) is 9.71. The molecule has 3 rings (SSSR count). The maximum absolute atomic E-state index is 12.4. The van der Waals surface area contributed by atoms with E-state index in [2.05, 4.69) is 34.6 Å². The summed E-state index contributed by atoms with van der Waals surface area (Å²) in [4.78, 5) is 14.8. The Morgan fingerprint density at radius 2 is 1.88 bits per heavy atom. The third-order valence-corrected chi connectivity index (χ3v) is 5.66. The summed E-state index contributed by atoms with van der Waals surface area (Å²) in [6, 6.07) is 8.85. The van der Waals surface area contributed by atoms with Gasteiger partial charge in [-0.2, -0.15) is 0 Å². The maximum Gasteiger partial charge on any atom is 0.279 e. The lowest BCUT2D eigenvalue weighted by molar-refractivity contribution is -0.687. The third-order valence-electron chi connectivity index (χ3n) is 5.66. The van der Waals surface area contributed by atoms with E-state index in [0.717, 1.165) is 24.7 Å². The highest BCUT2D eigenvalue weighted by molar-refractivity contribution is 5.94. The van der Waals surface area contributed by atoms with E-state index >= 15 is 0 Å². The van der Waals surface area contributed by atoms with Crippen LogP contribution in [0.15, 0.2) is 24.3 Å². The Morgan fingerprint density at radius 3 is 2.67 bits per heavy atom. The SMILES string of the molecule is C[C@@H]1CCCC[C@@H]1[NH2+]CC(=O)Nc1ccccc1N1CCCCC1. The smallest absolute Gasteiger partial charge is 0.279 e. The van der Waals surface area contributed by atoms with Crippen molar-refractivity contribution >= 4 is 17.3 Å². The minimum Gasteiger partial charge on any atom is -0.370 e. The standard InChI is InChI=1S/C20H31N3O/c1-16-9-3-4-10-17(16)21-15-20(24)22-18-11-5-6-12-19(18)23-13-7-2-8-14-23/h5-6,11-12,16-17,21H,2-4,7-10,13-15H2,1H3,(H,22,24)/p+1/t16-,17+/m1/s1. The lowest BCUT2D eigenvalue weighted by Gasteiger charge is -2.30. The molecule has 1 amide bonds. The van der Waals surface area contributed by atoms with E-state index in [1.54, 1.807) is 0 Å². The van der Waals surface area contributed by atoms with Gasteiger partial charge >= 0.3 is 0 Å². The first-order valence-electron chi connectivity index (χ1n) is 9.71. The van der Waals surface area contributed by atoms with Crippen molar-refractivity contribution in [2.45, 2.75) is 57.9 Å². The number of nitrogens with two attached hydrogens (primary N) is 1. The lowest BCUT2D eigenvalue weighted by atomic mass is 9.86. The van der Waals surface area contributed by atoms with Gasteiger partial charge in [-0.3, -0.25) is 4.79 Å². The summed E-state index contributed by atoms with van der Waals surface area (Å²) in [5, 5.41) is 5.40. The molecule has 1 aliphatic carbocycles. The molecule has 4 heteroatoms. The highest BCUT2D eigenvalue weighted by Gasteiger charge is 2.25. The predicted octanol–water partition coefficient (Wildman–Crippen LogP) is 2.76. The number of para-hydroxylation sites is 2. The number of carbonyl (C=O) groups excluding carboxylic acids is 1. The summed E-state index contributed by atoms with van der Waals surface area (Å²) in [7, 11) is 0. The van der Waals surface area contributed by atoms with Gasteiger partial charge in [0.15, 0.2) is 6.54 Å². The fourth-order valence-electron chi connectivity index (χ4n) is 4.14. The number of anilines is 2. The van der Waals surface area contributed by atoms with Crippen molar-refractivity contribution in [2.24, 2.45) is 5.92 Å². The fraction of sp³-hybridized carbons (Fsp3) is 0.650. The Bertz CT molecular complexity index is 539. The minimum atomic E-state index is 0.122. The van der Waals surface area contributed by atoms with Gasteiger partial charge in [-0.15, -0.1) is 0 Å². The van der Waals surface area contributed by atoms with E-state index in [1.165, 1.54) is 50.6 Å². The second-order valence-electron chi connectivity index (χ2n) is 7.48. The summed E-state index contributed by atoms with van der Waals surface area (Å²) in [5.74, 6) is 0.851. The molecule has 1 heterocycles. The van der Waals surface area contributed by atoms with E-state index in [-0.39, 0.29) is 5.91 Å². The molecule has 1 aromatic rings. The van der Waals surface area contributed by atoms with Crippen molar-refractivity contribution in [3.8, 4) is 0 Å². The fourth-order valence-corrected chi connectivity index (χ4v) is 4.14. The highest BCUT2D eigenvalue weighted by Crippen LogP contribution is 2.28. The van der Waals surface area contributed by atoms with E-state index in [9.17, 15) is 4.79 Å². The second kappa shape index (κ2) is 8.52. The minimum absolute atomic E-state index is 0.122. The van der Waals surface area contributed by atoms with Crippen LogP contribution in [0, 0.1) is 5.92 Å². The number of hydrogen-bond acceptors (Lipinski definition) is 2. The molecule has 0 unspecified atom stereocenters. The summed E-state index contributed by atoms with van der Waals surface area (Å²) < 4.78 is 0. The molecular formula is C20H32N3O+. The number of rotatable bonds is 5. The first kappa shape index (κ1) is 17.3. The number of carbonyl (C=O) groups is 1. The number of nitrogens with one attached hydrogen (secondary N) is 1. The van der Waals surface area contributed by atoms with Crippen molar-refractivity contribution in [2.75, 3.05) is 29.9 Å². The molecule has 24 heavy (non-hydrogen) atoms. The van der Waals surface area contributed by atoms with Crippen LogP contribution in [0.25, 0.3) is 0 Å². The molecule has 0 aromatic heterocycles. The van der Waals surface area contributed by atoms with Gasteiger partial charge in [-0.1, -0.05) is 25.5 Å². The average Bonchev–Trinajstić information content (AvgIpc) is 2.62. The number of hydrogen-bond donors (Lipinski definition) is 2. The van der Waals surface area contributed by atoms with Gasteiger partial charge in [-0.25, -0.2) is 0 Å². The molecule has 1 aromatic carbocycles. The Kier molecular flexibility index (Phi) is 6.13. The summed E-state index contributed by atoms with van der Waals surface area (Å²) in [6.07, 6.45) is 9.02. The molecule has 2 fully saturated rings. The largest absolute Gasteiger partial charge is 0.370 e. The molecule has 3 N–H and O–H groups in total. The van der Waals surface area contributed by atoms with Gasteiger partial charge in [-0.05, 0) is 50.7 Å². The zero-order valence-electron chi connectivity index (χ0n) is 15.0. The zero-order valence-corrected chi connectivity index (χ0v) is 15.0. The topological polar surface area (TPSA) is 49.0 Å². The van der Waals surface area contributed by atoms with Crippen LogP contribution in [0.4, 0.5) is 11.4 Å². The predicted molar refractivity (Wildman–Crippen MR) is 99.3 cm³/mol. The van der Waals surface area contributed by atoms with Gasteiger partial charge in [0, 0.05) is 19.0 Å². The van der Waals surface area contributed by atoms with E-state index in [1.807, 2.05) is 12.1 Å². The van der Waals surface area contributed by atoms with Gasteiger partial charge in [0.2, 0.25) is 0 Å². The number of piperidine rings is 1. The van der Waals surface area contributed by atoms with E-state index in [0.29, 0.717) is 12.6 Å². The molecule has 0 radical (unpaired) electrons. The van der Waals surface area contributed by atoms with Crippen LogP contribution >= 0.6 is 0 Å². The highest BCUT2D eigenvalue weighted by atomic mass is 16.1. The number of benzene rings is 1. The van der Waals surface area contributed by atoms with Crippen LogP contribution in [0.2, 0.25) is 0 Å². The summed E-state index contributed by atoms with van der Waals surface area (Å²) >= 11 is 0. The Balaban J connectivity index is 1.56. The number of amides is 1. The van der Waals surface area contributed by atoms with Gasteiger partial charge in [0.1, 0.15) is 0 Å². The second-order valence-corrected chi connectivity index (χ2v) is 7.48. The van der Waals surface area contributed by atoms with Crippen molar-refractivity contribution in [3.63, 3.8) is 0 Å². The quantitative estimate of drug-likeness (QED) is 0.872. The lowest BCUT2D eigenvalue weighted by Crippen LogP contribution is -2.93. The summed E-state index contributed by atoms with van der Waals surface area (Å²) in [6.45, 7) is 5.05. The molecule has 0 bridgehead atoms. The number of nitrogens with zero attached hydrogens (tertiary/aromatic N) is 1. The van der Waals surface area contributed by atoms with Crippen molar-refractivity contribution in [1.82, 2.24) is 0 Å². The van der Waals surface area contributed by atoms with Crippen LogP contribution in [0.5, 0.6) is 0 Å². The molecule has 2 aliphatic rings. The molecule has 4 nitrogen and oxygen atoms in total. The van der Waals surface area contributed by atoms with Crippen LogP contribution in [-0.2, 0) is 4.79 Å². The van der Waals surface area contributed by atoms with Crippen molar-refractivity contribution in [1.29, 1.82) is 0 Å². The first-order chi connectivity index (χ1) is 11.7. The maximum atomic E-state index is 12.4. The van der Waals surface area contributed by atoms with Crippen LogP contribution in [-0.4, -0.2) is 31.6 Å². The zero-order chi connectivity index (χ0) is 16.8. The molecule has 132 valence electrons. The normalized spacial score (nSPS) is 24.6. The van der Waals surface area contributed by atoms with Crippen molar-refractivity contribution in [3.05, 3.63) is 24.3 Å². The van der Waals surface area contributed by atoms with E-state index < -0.39 is 0 Å².